The molecule has 122 valence electrons. The number of rotatable bonds is 1. The molecule has 0 unspecified atom stereocenters. The molecule has 1 aromatic rings. The maximum atomic E-state index is 12.2. The molecule has 1 amide bonds. The van der Waals surface area contributed by atoms with E-state index in [1.807, 2.05) is 39.5 Å². The number of aromatic nitrogens is 2. The number of ether oxygens (including phenoxy) is 1. The first-order valence-corrected chi connectivity index (χ1v) is 7.79. The van der Waals surface area contributed by atoms with Crippen molar-refractivity contribution in [3.05, 3.63) is 16.9 Å². The molecule has 2 heterocycles. The van der Waals surface area contributed by atoms with E-state index in [-0.39, 0.29) is 12.1 Å². The summed E-state index contributed by atoms with van der Waals surface area (Å²) in [6, 6.07) is 1.75. The number of hydrogen-bond acceptors (Lipinski definition) is 5. The number of anilines is 1. The Labute approximate surface area is 136 Å². The highest BCUT2D eigenvalue weighted by Crippen LogP contribution is 2.20. The minimum absolute atomic E-state index is 0.0199. The van der Waals surface area contributed by atoms with E-state index in [1.54, 1.807) is 11.0 Å². The molecule has 22 heavy (non-hydrogen) atoms. The third-order valence-corrected chi connectivity index (χ3v) is 3.54. The number of carbonyl (C=O) groups excluding carboxylic acids is 1. The molecule has 0 spiro atoms. The smallest absolute Gasteiger partial charge is 0.410 e. The lowest BCUT2D eigenvalue weighted by Crippen LogP contribution is -2.55. The molecule has 1 aromatic heterocycles. The van der Waals surface area contributed by atoms with E-state index in [1.165, 1.54) is 0 Å². The van der Waals surface area contributed by atoms with Gasteiger partial charge in [-0.3, -0.25) is 0 Å². The average molecular weight is 327 g/mol. The SMILES string of the molecule is Cc1cc(Cl)nc(N2CCN(C(=O)OC(C)(C)C)[C@@H](C)C2)n1. The summed E-state index contributed by atoms with van der Waals surface area (Å²) in [6.45, 7) is 11.4. The molecule has 0 saturated carbocycles. The lowest BCUT2D eigenvalue weighted by Gasteiger charge is -2.40. The molecule has 0 aromatic carbocycles. The van der Waals surface area contributed by atoms with E-state index < -0.39 is 5.60 Å². The normalized spacial score (nSPS) is 19.3. The van der Waals surface area contributed by atoms with Crippen molar-refractivity contribution in [2.45, 2.75) is 46.3 Å². The Balaban J connectivity index is 2.05. The van der Waals surface area contributed by atoms with Gasteiger partial charge in [-0.2, -0.15) is 0 Å². The van der Waals surface area contributed by atoms with Gasteiger partial charge < -0.3 is 14.5 Å². The zero-order valence-corrected chi connectivity index (χ0v) is 14.5. The van der Waals surface area contributed by atoms with Gasteiger partial charge in [0.15, 0.2) is 0 Å². The second-order valence-electron chi connectivity index (χ2n) is 6.60. The van der Waals surface area contributed by atoms with Gasteiger partial charge in [-0.15, -0.1) is 0 Å². The van der Waals surface area contributed by atoms with Crippen LogP contribution in [-0.2, 0) is 4.74 Å². The van der Waals surface area contributed by atoms with Gasteiger partial charge in [-0.1, -0.05) is 11.6 Å². The van der Waals surface area contributed by atoms with Crippen molar-refractivity contribution in [1.29, 1.82) is 0 Å². The summed E-state index contributed by atoms with van der Waals surface area (Å²) in [5.74, 6) is 0.612. The summed E-state index contributed by atoms with van der Waals surface area (Å²) in [5.41, 5.74) is 0.346. The quantitative estimate of drug-likeness (QED) is 0.743. The summed E-state index contributed by atoms with van der Waals surface area (Å²) < 4.78 is 5.44. The van der Waals surface area contributed by atoms with Crippen LogP contribution in [-0.4, -0.2) is 52.2 Å². The molecule has 1 aliphatic heterocycles. The number of amides is 1. The fraction of sp³-hybridized carbons (Fsp3) is 0.667. The van der Waals surface area contributed by atoms with Gasteiger partial charge in [0.2, 0.25) is 5.95 Å². The van der Waals surface area contributed by atoms with Gasteiger partial charge in [-0.05, 0) is 40.7 Å². The topological polar surface area (TPSA) is 58.6 Å². The third kappa shape index (κ3) is 4.22. The predicted octanol–water partition coefficient (Wildman–Crippen LogP) is 2.88. The Morgan fingerprint density at radius 3 is 2.59 bits per heavy atom. The molecule has 1 saturated heterocycles. The summed E-state index contributed by atoms with van der Waals surface area (Å²) in [5, 5.41) is 0.435. The number of nitrogens with zero attached hydrogens (tertiary/aromatic N) is 4. The first-order chi connectivity index (χ1) is 10.2. The molecule has 0 aliphatic carbocycles. The van der Waals surface area contributed by atoms with E-state index in [4.69, 9.17) is 16.3 Å². The molecule has 0 N–H and O–H groups in total. The average Bonchev–Trinajstić information content (AvgIpc) is 2.35. The van der Waals surface area contributed by atoms with Crippen molar-refractivity contribution in [2.24, 2.45) is 0 Å². The van der Waals surface area contributed by atoms with Crippen LogP contribution in [0.4, 0.5) is 10.7 Å². The van der Waals surface area contributed by atoms with Crippen LogP contribution in [0, 0.1) is 6.92 Å². The monoisotopic (exact) mass is 326 g/mol. The zero-order valence-electron chi connectivity index (χ0n) is 13.8. The fourth-order valence-corrected chi connectivity index (χ4v) is 2.62. The number of aryl methyl sites for hydroxylation is 1. The van der Waals surface area contributed by atoms with Crippen molar-refractivity contribution in [1.82, 2.24) is 14.9 Å². The van der Waals surface area contributed by atoms with Gasteiger partial charge in [-0.25, -0.2) is 14.8 Å². The molecular formula is C15H23ClN4O2. The molecule has 7 heteroatoms. The summed E-state index contributed by atoms with van der Waals surface area (Å²) >= 11 is 6.00. The van der Waals surface area contributed by atoms with Crippen molar-refractivity contribution in [2.75, 3.05) is 24.5 Å². The summed E-state index contributed by atoms with van der Waals surface area (Å²) in [7, 11) is 0. The predicted molar refractivity (Wildman–Crippen MR) is 86.4 cm³/mol. The van der Waals surface area contributed by atoms with Crippen LogP contribution < -0.4 is 4.90 Å². The number of piperazine rings is 1. The lowest BCUT2D eigenvalue weighted by molar-refractivity contribution is 0.0158. The Morgan fingerprint density at radius 1 is 1.36 bits per heavy atom. The van der Waals surface area contributed by atoms with Crippen LogP contribution in [0.2, 0.25) is 5.15 Å². The Morgan fingerprint density at radius 2 is 2.05 bits per heavy atom. The number of hydrogen-bond donors (Lipinski definition) is 0. The number of halogens is 1. The largest absolute Gasteiger partial charge is 0.444 e. The minimum atomic E-state index is -0.485. The molecule has 1 fully saturated rings. The highest BCUT2D eigenvalue weighted by molar-refractivity contribution is 6.29. The second-order valence-corrected chi connectivity index (χ2v) is 6.99. The third-order valence-electron chi connectivity index (χ3n) is 3.35. The van der Waals surface area contributed by atoms with Crippen molar-refractivity contribution in [3.8, 4) is 0 Å². The van der Waals surface area contributed by atoms with Crippen LogP contribution in [0.5, 0.6) is 0 Å². The second kappa shape index (κ2) is 6.28. The highest BCUT2D eigenvalue weighted by Gasteiger charge is 2.31. The molecule has 0 radical (unpaired) electrons. The standard InChI is InChI=1S/C15H23ClN4O2/c1-10-8-12(16)18-13(17-10)19-6-7-20(11(2)9-19)14(21)22-15(3,4)5/h8,11H,6-7,9H2,1-5H3/t11-/m0/s1. The van der Waals surface area contributed by atoms with Crippen LogP contribution in [0.3, 0.4) is 0 Å². The van der Waals surface area contributed by atoms with Crippen molar-refractivity contribution in [3.63, 3.8) is 0 Å². The minimum Gasteiger partial charge on any atom is -0.444 e. The van der Waals surface area contributed by atoms with Gasteiger partial charge >= 0.3 is 6.09 Å². The first kappa shape index (κ1) is 16.8. The van der Waals surface area contributed by atoms with Crippen LogP contribution in [0.1, 0.15) is 33.4 Å². The maximum absolute atomic E-state index is 12.2. The van der Waals surface area contributed by atoms with E-state index in [0.717, 1.165) is 5.69 Å². The van der Waals surface area contributed by atoms with E-state index in [9.17, 15) is 4.79 Å². The van der Waals surface area contributed by atoms with Crippen LogP contribution in [0.25, 0.3) is 0 Å². The fourth-order valence-electron chi connectivity index (χ4n) is 2.39. The van der Waals surface area contributed by atoms with Crippen molar-refractivity contribution < 1.29 is 9.53 Å². The van der Waals surface area contributed by atoms with Crippen LogP contribution >= 0.6 is 11.6 Å². The zero-order chi connectivity index (χ0) is 16.5. The molecular weight excluding hydrogens is 304 g/mol. The molecule has 1 atom stereocenters. The Kier molecular flexibility index (Phi) is 4.80. The Hall–Kier alpha value is -1.56. The van der Waals surface area contributed by atoms with E-state index >= 15 is 0 Å². The summed E-state index contributed by atoms with van der Waals surface area (Å²) in [6.07, 6.45) is -0.275. The van der Waals surface area contributed by atoms with Gasteiger partial charge in [0, 0.05) is 31.4 Å². The van der Waals surface area contributed by atoms with Gasteiger partial charge in [0.05, 0.1) is 0 Å². The molecule has 1 aliphatic rings. The lowest BCUT2D eigenvalue weighted by atomic mass is 10.2. The molecule has 6 nitrogen and oxygen atoms in total. The van der Waals surface area contributed by atoms with Gasteiger partial charge in [0.1, 0.15) is 10.8 Å². The van der Waals surface area contributed by atoms with Gasteiger partial charge in [0.25, 0.3) is 0 Å². The Bertz CT molecular complexity index is 539. The van der Waals surface area contributed by atoms with Crippen molar-refractivity contribution >= 4 is 23.6 Å². The molecule has 0 bridgehead atoms. The number of carbonyl (C=O) groups is 1. The first-order valence-electron chi connectivity index (χ1n) is 7.41. The summed E-state index contributed by atoms with van der Waals surface area (Å²) in [4.78, 5) is 24.7. The molecule has 2 rings (SSSR count). The van der Waals surface area contributed by atoms with E-state index in [0.29, 0.717) is 30.7 Å². The van der Waals surface area contributed by atoms with E-state index in [2.05, 4.69) is 9.97 Å². The highest BCUT2D eigenvalue weighted by atomic mass is 35.5. The maximum Gasteiger partial charge on any atom is 0.410 e. The van der Waals surface area contributed by atoms with Crippen LogP contribution in [0.15, 0.2) is 6.07 Å².